The van der Waals surface area contributed by atoms with Gasteiger partial charge in [0, 0.05) is 29.6 Å². The van der Waals surface area contributed by atoms with Crippen LogP contribution >= 0.6 is 0 Å². The first-order valence-corrected chi connectivity index (χ1v) is 14.9. The number of carbonyl (C=O) groups is 1. The van der Waals surface area contributed by atoms with E-state index in [0.717, 1.165) is 42.5 Å². The predicted octanol–water partition coefficient (Wildman–Crippen LogP) is 6.50. The van der Waals surface area contributed by atoms with Gasteiger partial charge in [-0.05, 0) is 70.4 Å². The van der Waals surface area contributed by atoms with Crippen LogP contribution in [0.3, 0.4) is 0 Å². The number of ether oxygens (including phenoxy) is 3. The summed E-state index contributed by atoms with van der Waals surface area (Å²) in [7, 11) is 3.21. The van der Waals surface area contributed by atoms with Crippen molar-refractivity contribution in [2.45, 2.75) is 77.6 Å². The van der Waals surface area contributed by atoms with E-state index in [1.807, 2.05) is 70.2 Å². The highest BCUT2D eigenvalue weighted by molar-refractivity contribution is 5.96. The molecule has 0 radical (unpaired) electrons. The number of aromatic nitrogens is 3. The van der Waals surface area contributed by atoms with Gasteiger partial charge in [0.1, 0.15) is 28.3 Å². The molecule has 11 nitrogen and oxygen atoms in total. The molecule has 0 unspecified atom stereocenters. The lowest BCUT2D eigenvalue weighted by atomic mass is 9.90. The summed E-state index contributed by atoms with van der Waals surface area (Å²) in [4.78, 5) is 22.3. The van der Waals surface area contributed by atoms with E-state index >= 15 is 0 Å². The van der Waals surface area contributed by atoms with Crippen molar-refractivity contribution >= 4 is 34.4 Å². The lowest BCUT2D eigenvalue weighted by Crippen LogP contribution is -2.50. The SMILES string of the molecule is COc1ccc(Cn2cc3nc(N[C@@H]4CCCC[C@@H]4NC(=O)OC(C)(C)C)nc(Nc4cccc(C)c4)c3c2O)c(OC)c1. The van der Waals surface area contributed by atoms with E-state index in [0.29, 0.717) is 40.7 Å². The first-order valence-electron chi connectivity index (χ1n) is 14.9. The standard InChI is InChI=1S/C33H42N6O5/c1-20-10-9-11-22(16-20)34-29-28-26(19-39(30(28)40)18-21-14-15-23(42-5)17-27(21)43-6)36-31(38-29)35-24-12-7-8-13-25(24)37-32(41)44-33(2,3)4/h9-11,14-17,19,24-25,40H,7-8,12-13,18H2,1-6H3,(H,37,41)(H2,34,35,36,38)/t24-,25+/m1/s1. The van der Waals surface area contributed by atoms with Crippen molar-refractivity contribution in [3.8, 4) is 17.4 Å². The fraction of sp³-hybridized carbons (Fsp3) is 0.424. The maximum absolute atomic E-state index is 12.6. The topological polar surface area (TPSA) is 132 Å². The van der Waals surface area contributed by atoms with E-state index in [1.165, 1.54) is 0 Å². The number of methoxy groups -OCH3 is 2. The molecule has 44 heavy (non-hydrogen) atoms. The van der Waals surface area contributed by atoms with Gasteiger partial charge in [0.2, 0.25) is 11.8 Å². The summed E-state index contributed by atoms with van der Waals surface area (Å²) < 4.78 is 18.2. The van der Waals surface area contributed by atoms with Gasteiger partial charge in [-0.25, -0.2) is 9.78 Å². The lowest BCUT2D eigenvalue weighted by molar-refractivity contribution is 0.0488. The molecule has 0 spiro atoms. The number of aryl methyl sites for hydroxylation is 1. The van der Waals surface area contributed by atoms with Crippen molar-refractivity contribution in [3.63, 3.8) is 0 Å². The Kier molecular flexibility index (Phi) is 9.03. The normalized spacial score (nSPS) is 16.8. The van der Waals surface area contributed by atoms with E-state index < -0.39 is 11.7 Å². The molecule has 1 saturated carbocycles. The Hall–Kier alpha value is -4.67. The molecule has 2 atom stereocenters. The van der Waals surface area contributed by atoms with Gasteiger partial charge in [0.05, 0.1) is 32.3 Å². The van der Waals surface area contributed by atoms with E-state index in [4.69, 9.17) is 24.2 Å². The van der Waals surface area contributed by atoms with Crippen LogP contribution in [-0.4, -0.2) is 57.6 Å². The second-order valence-electron chi connectivity index (χ2n) is 12.2. The van der Waals surface area contributed by atoms with Crippen molar-refractivity contribution in [2.24, 2.45) is 0 Å². The predicted molar refractivity (Wildman–Crippen MR) is 171 cm³/mol. The van der Waals surface area contributed by atoms with Crippen molar-refractivity contribution in [3.05, 3.63) is 59.8 Å². The highest BCUT2D eigenvalue weighted by atomic mass is 16.6. The Bertz CT molecular complexity index is 1630. The van der Waals surface area contributed by atoms with E-state index in [9.17, 15) is 9.90 Å². The number of amides is 1. The molecule has 2 aromatic heterocycles. The molecule has 2 heterocycles. The van der Waals surface area contributed by atoms with E-state index in [1.54, 1.807) is 25.0 Å². The number of rotatable bonds is 9. The minimum atomic E-state index is -0.586. The van der Waals surface area contributed by atoms with E-state index in [-0.39, 0.29) is 18.0 Å². The second-order valence-corrected chi connectivity index (χ2v) is 12.2. The fourth-order valence-corrected chi connectivity index (χ4v) is 5.55. The lowest BCUT2D eigenvalue weighted by Gasteiger charge is -2.33. The van der Waals surface area contributed by atoms with Crippen LogP contribution in [0, 0.1) is 6.92 Å². The monoisotopic (exact) mass is 602 g/mol. The molecule has 234 valence electrons. The zero-order valence-electron chi connectivity index (χ0n) is 26.2. The molecule has 1 amide bonds. The number of nitrogens with one attached hydrogen (secondary N) is 3. The molecular formula is C33H42N6O5. The zero-order chi connectivity index (χ0) is 31.4. The zero-order valence-corrected chi connectivity index (χ0v) is 26.2. The van der Waals surface area contributed by atoms with Gasteiger partial charge in [-0.2, -0.15) is 4.98 Å². The highest BCUT2D eigenvalue weighted by Gasteiger charge is 2.29. The number of carbonyl (C=O) groups excluding carboxylic acids is 1. The van der Waals surface area contributed by atoms with Crippen LogP contribution in [-0.2, 0) is 11.3 Å². The van der Waals surface area contributed by atoms with Crippen LogP contribution in [0.2, 0.25) is 0 Å². The number of alkyl carbamates (subject to hydrolysis) is 1. The summed E-state index contributed by atoms with van der Waals surface area (Å²) in [5.74, 6) is 2.22. The first-order chi connectivity index (χ1) is 21.0. The quantitative estimate of drug-likeness (QED) is 0.169. The largest absolute Gasteiger partial charge is 0.497 e. The molecule has 4 aromatic rings. The number of aromatic hydroxyl groups is 1. The van der Waals surface area contributed by atoms with Gasteiger partial charge in [0.25, 0.3) is 0 Å². The molecule has 11 heteroatoms. The van der Waals surface area contributed by atoms with Gasteiger partial charge in [-0.1, -0.05) is 25.0 Å². The fourth-order valence-electron chi connectivity index (χ4n) is 5.55. The van der Waals surface area contributed by atoms with Crippen molar-refractivity contribution in [1.82, 2.24) is 19.9 Å². The molecular weight excluding hydrogens is 560 g/mol. The Morgan fingerprint density at radius 2 is 1.82 bits per heavy atom. The van der Waals surface area contributed by atoms with Crippen molar-refractivity contribution < 1.29 is 24.1 Å². The summed E-state index contributed by atoms with van der Waals surface area (Å²) in [6.45, 7) is 7.90. The molecule has 1 aliphatic carbocycles. The molecule has 0 bridgehead atoms. The van der Waals surface area contributed by atoms with Crippen LogP contribution in [0.25, 0.3) is 10.9 Å². The van der Waals surface area contributed by atoms with Crippen molar-refractivity contribution in [1.29, 1.82) is 0 Å². The Morgan fingerprint density at radius 3 is 2.52 bits per heavy atom. The molecule has 4 N–H and O–H groups in total. The van der Waals surface area contributed by atoms with Crippen LogP contribution in [0.4, 0.5) is 22.2 Å². The average Bonchev–Trinajstić information content (AvgIpc) is 3.28. The average molecular weight is 603 g/mol. The Labute approximate surface area is 257 Å². The highest BCUT2D eigenvalue weighted by Crippen LogP contribution is 2.36. The van der Waals surface area contributed by atoms with E-state index in [2.05, 4.69) is 16.0 Å². The summed E-state index contributed by atoms with van der Waals surface area (Å²) in [5, 5.41) is 21.9. The summed E-state index contributed by atoms with van der Waals surface area (Å²) >= 11 is 0. The van der Waals surface area contributed by atoms with Gasteiger partial charge >= 0.3 is 6.09 Å². The smallest absolute Gasteiger partial charge is 0.407 e. The van der Waals surface area contributed by atoms with Gasteiger partial charge < -0.3 is 39.8 Å². The van der Waals surface area contributed by atoms with Gasteiger partial charge in [0.15, 0.2) is 0 Å². The Morgan fingerprint density at radius 1 is 1.05 bits per heavy atom. The molecule has 0 saturated heterocycles. The summed E-state index contributed by atoms with van der Waals surface area (Å²) in [5.41, 5.74) is 2.76. The van der Waals surface area contributed by atoms with Crippen LogP contribution in [0.5, 0.6) is 17.4 Å². The van der Waals surface area contributed by atoms with Crippen molar-refractivity contribution in [2.75, 3.05) is 24.9 Å². The minimum Gasteiger partial charge on any atom is -0.497 e. The summed E-state index contributed by atoms with van der Waals surface area (Å²) in [6, 6.07) is 13.3. The number of hydrogen-bond acceptors (Lipinski definition) is 9. The Balaban J connectivity index is 1.49. The maximum atomic E-state index is 12.6. The third-order valence-corrected chi connectivity index (χ3v) is 7.61. The number of nitrogens with zero attached hydrogens (tertiary/aromatic N) is 3. The second kappa shape index (κ2) is 12.9. The number of hydrogen-bond donors (Lipinski definition) is 4. The molecule has 0 aliphatic heterocycles. The van der Waals surface area contributed by atoms with Crippen LogP contribution in [0.15, 0.2) is 48.7 Å². The minimum absolute atomic E-state index is 0.0294. The molecule has 2 aromatic carbocycles. The number of anilines is 3. The van der Waals surface area contributed by atoms with Gasteiger partial charge in [-0.15, -0.1) is 0 Å². The van der Waals surface area contributed by atoms with Gasteiger partial charge in [-0.3, -0.25) is 0 Å². The number of fused-ring (bicyclic) bond motifs is 1. The first kappa shape index (κ1) is 30.8. The van der Waals surface area contributed by atoms with Crippen LogP contribution in [0.1, 0.15) is 57.6 Å². The molecule has 1 aliphatic rings. The third kappa shape index (κ3) is 7.27. The summed E-state index contributed by atoms with van der Waals surface area (Å²) in [6.07, 6.45) is 5.04. The van der Waals surface area contributed by atoms with Crippen LogP contribution < -0.4 is 25.4 Å². The maximum Gasteiger partial charge on any atom is 0.407 e. The number of benzene rings is 2. The molecule has 5 rings (SSSR count). The third-order valence-electron chi connectivity index (χ3n) is 7.61. The molecule has 1 fully saturated rings.